The van der Waals surface area contributed by atoms with Crippen molar-refractivity contribution in [2.45, 2.75) is 50.3 Å². The average molecular weight is 377 g/mol. The van der Waals surface area contributed by atoms with Crippen LogP contribution in [0.2, 0.25) is 0 Å². The Morgan fingerprint density at radius 1 is 1.00 bits per heavy atom. The molecule has 7 nitrogen and oxygen atoms in total. The van der Waals surface area contributed by atoms with Gasteiger partial charge in [0, 0.05) is 35.5 Å². The third-order valence-electron chi connectivity index (χ3n) is 5.70. The number of aromatic nitrogens is 4. The second-order valence-electron chi connectivity index (χ2n) is 7.68. The number of phenolic OH excluding ortho intramolecular Hbond substituents is 1. The minimum atomic E-state index is 0.160. The molecule has 0 unspecified atom stereocenters. The molecule has 3 aromatic rings. The third kappa shape index (κ3) is 3.45. The fourth-order valence-electron chi connectivity index (χ4n) is 4.34. The van der Waals surface area contributed by atoms with Gasteiger partial charge in [-0.1, -0.05) is 12.5 Å². The lowest BCUT2D eigenvalue weighted by Crippen LogP contribution is -2.51. The molecule has 1 aromatic carbocycles. The maximum absolute atomic E-state index is 10.4. The zero-order valence-corrected chi connectivity index (χ0v) is 15.5. The highest BCUT2D eigenvalue weighted by Crippen LogP contribution is 2.33. The van der Waals surface area contributed by atoms with Crippen molar-refractivity contribution in [1.29, 1.82) is 0 Å². The highest BCUT2D eigenvalue weighted by molar-refractivity contribution is 5.73. The molecule has 2 aliphatic heterocycles. The molecule has 2 bridgehead atoms. The summed E-state index contributed by atoms with van der Waals surface area (Å²) in [5.41, 5.74) is 3.07. The summed E-state index contributed by atoms with van der Waals surface area (Å²) in [6.45, 7) is 0. The first-order chi connectivity index (χ1) is 13.7. The minimum Gasteiger partial charge on any atom is -0.507 e. The van der Waals surface area contributed by atoms with E-state index in [1.807, 2.05) is 24.3 Å². The van der Waals surface area contributed by atoms with Crippen molar-refractivity contribution in [3.05, 3.63) is 42.7 Å². The van der Waals surface area contributed by atoms with E-state index in [9.17, 15) is 5.11 Å². The van der Waals surface area contributed by atoms with Crippen LogP contribution in [-0.2, 0) is 0 Å². The Labute approximate surface area is 163 Å². The number of benzene rings is 1. The normalized spacial score (nSPS) is 24.1. The quantitative estimate of drug-likeness (QED) is 0.646. The van der Waals surface area contributed by atoms with Gasteiger partial charge in [0.1, 0.15) is 11.9 Å². The lowest BCUT2D eigenvalue weighted by molar-refractivity contribution is 0.0881. The number of piperidine rings is 2. The van der Waals surface area contributed by atoms with Gasteiger partial charge in [0.15, 0.2) is 0 Å². The van der Waals surface area contributed by atoms with Gasteiger partial charge in [-0.05, 0) is 49.4 Å². The molecule has 2 fully saturated rings. The summed E-state index contributed by atoms with van der Waals surface area (Å²) in [5, 5.41) is 29.3. The van der Waals surface area contributed by atoms with Crippen LogP contribution in [0.25, 0.3) is 22.4 Å². The Morgan fingerprint density at radius 2 is 1.86 bits per heavy atom. The molecule has 2 aromatic heterocycles. The van der Waals surface area contributed by atoms with Crippen molar-refractivity contribution in [3.8, 4) is 34.0 Å². The van der Waals surface area contributed by atoms with Gasteiger partial charge < -0.3 is 15.2 Å². The molecule has 0 aliphatic carbocycles. The monoisotopic (exact) mass is 377 g/mol. The van der Waals surface area contributed by atoms with Crippen molar-refractivity contribution in [2.24, 2.45) is 0 Å². The topological polar surface area (TPSA) is 96.0 Å². The zero-order chi connectivity index (χ0) is 18.9. The number of ether oxygens (including phenoxy) is 1. The van der Waals surface area contributed by atoms with Gasteiger partial charge in [0.25, 0.3) is 0 Å². The van der Waals surface area contributed by atoms with E-state index in [0.29, 0.717) is 29.2 Å². The van der Waals surface area contributed by atoms with Gasteiger partial charge in [-0.2, -0.15) is 5.10 Å². The van der Waals surface area contributed by atoms with Gasteiger partial charge in [-0.3, -0.25) is 5.10 Å². The van der Waals surface area contributed by atoms with E-state index >= 15 is 0 Å². The largest absolute Gasteiger partial charge is 0.507 e. The average Bonchev–Trinajstić information content (AvgIpc) is 3.23. The molecule has 0 amide bonds. The number of phenols is 1. The second kappa shape index (κ2) is 7.24. The summed E-state index contributed by atoms with van der Waals surface area (Å²) in [6.07, 6.45) is 9.52. The van der Waals surface area contributed by atoms with E-state index in [1.165, 1.54) is 19.3 Å². The summed E-state index contributed by atoms with van der Waals surface area (Å²) in [6, 6.07) is 10.3. The van der Waals surface area contributed by atoms with Crippen LogP contribution in [0.1, 0.15) is 32.1 Å². The highest BCUT2D eigenvalue weighted by atomic mass is 16.5. The molecule has 3 N–H and O–H groups in total. The first-order valence-electron chi connectivity index (χ1n) is 9.83. The Morgan fingerprint density at radius 3 is 2.54 bits per heavy atom. The van der Waals surface area contributed by atoms with Crippen molar-refractivity contribution >= 4 is 0 Å². The maximum atomic E-state index is 10.4. The molecule has 7 heteroatoms. The first kappa shape index (κ1) is 17.2. The Balaban J connectivity index is 1.30. The summed E-state index contributed by atoms with van der Waals surface area (Å²) in [4.78, 5) is 0. The van der Waals surface area contributed by atoms with E-state index < -0.39 is 0 Å². The summed E-state index contributed by atoms with van der Waals surface area (Å²) in [5.74, 6) is 0.705. The number of nitrogens with one attached hydrogen (secondary N) is 2. The molecule has 5 rings (SSSR count). The lowest BCUT2D eigenvalue weighted by Gasteiger charge is -2.39. The van der Waals surface area contributed by atoms with E-state index in [2.05, 4.69) is 25.7 Å². The number of aromatic amines is 1. The van der Waals surface area contributed by atoms with Crippen LogP contribution < -0.4 is 10.1 Å². The number of fused-ring (bicyclic) bond motifs is 2. The maximum Gasteiger partial charge on any atom is 0.233 e. The minimum absolute atomic E-state index is 0.160. The van der Waals surface area contributed by atoms with Gasteiger partial charge in [-0.15, -0.1) is 10.2 Å². The fourth-order valence-corrected chi connectivity index (χ4v) is 4.34. The molecule has 2 saturated heterocycles. The lowest BCUT2D eigenvalue weighted by atomic mass is 9.85. The molecule has 0 radical (unpaired) electrons. The van der Waals surface area contributed by atoms with Gasteiger partial charge in [-0.25, -0.2) is 0 Å². The van der Waals surface area contributed by atoms with Crippen LogP contribution in [0.5, 0.6) is 11.6 Å². The van der Waals surface area contributed by atoms with Gasteiger partial charge >= 0.3 is 0 Å². The van der Waals surface area contributed by atoms with Crippen LogP contribution in [0.4, 0.5) is 0 Å². The summed E-state index contributed by atoms with van der Waals surface area (Å²) < 4.78 is 6.09. The van der Waals surface area contributed by atoms with E-state index in [0.717, 1.165) is 24.0 Å². The fraction of sp³-hybridized carbons (Fsp3) is 0.381. The van der Waals surface area contributed by atoms with E-state index in [4.69, 9.17) is 4.74 Å². The van der Waals surface area contributed by atoms with Crippen LogP contribution >= 0.6 is 0 Å². The van der Waals surface area contributed by atoms with Gasteiger partial charge in [0.2, 0.25) is 5.88 Å². The molecular formula is C21H23N5O2. The number of hydrogen-bond donors (Lipinski definition) is 3. The third-order valence-corrected chi connectivity index (χ3v) is 5.70. The summed E-state index contributed by atoms with van der Waals surface area (Å²) in [7, 11) is 0. The predicted molar refractivity (Wildman–Crippen MR) is 105 cm³/mol. The van der Waals surface area contributed by atoms with Crippen molar-refractivity contribution in [3.63, 3.8) is 0 Å². The van der Waals surface area contributed by atoms with Crippen LogP contribution in [0.3, 0.4) is 0 Å². The molecule has 3 atom stereocenters. The van der Waals surface area contributed by atoms with Crippen molar-refractivity contribution < 1.29 is 9.84 Å². The highest BCUT2D eigenvalue weighted by Gasteiger charge is 2.32. The van der Waals surface area contributed by atoms with Crippen molar-refractivity contribution in [1.82, 2.24) is 25.7 Å². The SMILES string of the molecule is Oc1cc(-c2cn[nH]c2)ccc1-c1ccc(O[C@@H]2C[C@H]3CCC[C@@H](C2)N3)nn1. The Bertz CT molecular complexity index is 930. The number of hydrogen-bond acceptors (Lipinski definition) is 6. The van der Waals surface area contributed by atoms with E-state index in [-0.39, 0.29) is 11.9 Å². The molecule has 0 saturated carbocycles. The molecular weight excluding hydrogens is 354 g/mol. The number of H-pyrrole nitrogens is 1. The molecule has 4 heterocycles. The van der Waals surface area contributed by atoms with Crippen LogP contribution in [0.15, 0.2) is 42.7 Å². The second-order valence-corrected chi connectivity index (χ2v) is 7.68. The van der Waals surface area contributed by atoms with Crippen LogP contribution in [0, 0.1) is 0 Å². The molecule has 0 spiro atoms. The van der Waals surface area contributed by atoms with E-state index in [1.54, 1.807) is 18.5 Å². The number of rotatable bonds is 4. The smallest absolute Gasteiger partial charge is 0.233 e. The number of nitrogens with zero attached hydrogens (tertiary/aromatic N) is 3. The van der Waals surface area contributed by atoms with Crippen molar-refractivity contribution in [2.75, 3.05) is 0 Å². The number of aromatic hydroxyl groups is 1. The first-order valence-corrected chi connectivity index (χ1v) is 9.83. The van der Waals surface area contributed by atoms with Gasteiger partial charge in [0.05, 0.1) is 11.9 Å². The standard InChI is InChI=1S/C21H23N5O2/c27-20-8-13(14-11-22-23-12-14)4-5-18(20)19-6-7-21(26-25-19)28-17-9-15-2-1-3-16(10-17)24-15/h4-8,11-12,15-17,24,27H,1-3,9-10H2,(H,22,23)/t15-,16+,17-. The zero-order valence-electron chi connectivity index (χ0n) is 15.5. The summed E-state index contributed by atoms with van der Waals surface area (Å²) >= 11 is 0. The molecule has 144 valence electrons. The molecule has 2 aliphatic rings. The Kier molecular flexibility index (Phi) is 4.44. The Hall–Kier alpha value is -2.93. The van der Waals surface area contributed by atoms with Crippen LogP contribution in [-0.4, -0.2) is 43.7 Å². The molecule has 28 heavy (non-hydrogen) atoms. The predicted octanol–water partition coefficient (Wildman–Crippen LogP) is 3.29.